The normalized spacial score (nSPS) is 18.7. The summed E-state index contributed by atoms with van der Waals surface area (Å²) in [5, 5.41) is 13.8. The number of carbonyl (C=O) groups excluding carboxylic acids is 2. The van der Waals surface area contributed by atoms with Gasteiger partial charge in [0.1, 0.15) is 5.76 Å². The molecule has 3 aromatic rings. The predicted molar refractivity (Wildman–Crippen MR) is 108 cm³/mol. The fourth-order valence-electron chi connectivity index (χ4n) is 3.84. The van der Waals surface area contributed by atoms with Gasteiger partial charge in [-0.25, -0.2) is 4.98 Å². The second-order valence-electron chi connectivity index (χ2n) is 7.69. The van der Waals surface area contributed by atoms with Crippen molar-refractivity contribution in [3.63, 3.8) is 0 Å². The van der Waals surface area contributed by atoms with Gasteiger partial charge >= 0.3 is 0 Å². The SMILES string of the molecule is Cc1cc(CC(=O)N2C[C@H](O)C[C@H]2C(=O)CCc2ccc(-c3cnc[nH]3)cc2)on1. The molecule has 1 aliphatic rings. The highest BCUT2D eigenvalue weighted by atomic mass is 16.5. The maximum Gasteiger partial charge on any atom is 0.231 e. The highest BCUT2D eigenvalue weighted by Gasteiger charge is 2.38. The molecule has 2 N–H and O–H groups in total. The molecule has 0 saturated carbocycles. The standard InChI is InChI=1S/C22H24N4O4/c1-14-8-18(30-25-14)10-22(29)26-12-17(27)9-20(26)21(28)7-4-15-2-5-16(6-3-15)19-11-23-13-24-19/h2-3,5-6,8,11,13,17,20,27H,4,7,9-10,12H2,1H3,(H,23,24)/t17-,20+/m1/s1. The van der Waals surface area contributed by atoms with Crippen LogP contribution in [0.5, 0.6) is 0 Å². The van der Waals surface area contributed by atoms with Gasteiger partial charge in [0.15, 0.2) is 5.78 Å². The van der Waals surface area contributed by atoms with Crippen molar-refractivity contribution in [2.24, 2.45) is 0 Å². The lowest BCUT2D eigenvalue weighted by Gasteiger charge is -2.23. The van der Waals surface area contributed by atoms with Crippen molar-refractivity contribution in [1.82, 2.24) is 20.0 Å². The summed E-state index contributed by atoms with van der Waals surface area (Å²) >= 11 is 0. The average Bonchev–Trinajstić information content (AvgIpc) is 3.48. The molecule has 0 bridgehead atoms. The lowest BCUT2D eigenvalue weighted by molar-refractivity contribution is -0.137. The van der Waals surface area contributed by atoms with E-state index in [0.29, 0.717) is 24.3 Å². The quantitative estimate of drug-likeness (QED) is 0.619. The zero-order valence-electron chi connectivity index (χ0n) is 16.7. The Hall–Kier alpha value is -3.26. The first-order valence-corrected chi connectivity index (χ1v) is 9.99. The van der Waals surface area contributed by atoms with E-state index in [9.17, 15) is 14.7 Å². The number of amides is 1. The molecule has 2 aromatic heterocycles. The van der Waals surface area contributed by atoms with E-state index >= 15 is 0 Å². The van der Waals surface area contributed by atoms with E-state index < -0.39 is 12.1 Å². The Morgan fingerprint density at radius 3 is 2.77 bits per heavy atom. The largest absolute Gasteiger partial charge is 0.391 e. The molecule has 0 aliphatic carbocycles. The third-order valence-electron chi connectivity index (χ3n) is 5.40. The molecule has 30 heavy (non-hydrogen) atoms. The van der Waals surface area contributed by atoms with Gasteiger partial charge in [-0.15, -0.1) is 0 Å². The van der Waals surface area contributed by atoms with Crippen LogP contribution >= 0.6 is 0 Å². The van der Waals surface area contributed by atoms with E-state index in [4.69, 9.17) is 4.52 Å². The summed E-state index contributed by atoms with van der Waals surface area (Å²) in [5.74, 6) is 0.193. The summed E-state index contributed by atoms with van der Waals surface area (Å²) in [4.78, 5) is 34.1. The minimum Gasteiger partial charge on any atom is -0.391 e. The summed E-state index contributed by atoms with van der Waals surface area (Å²) in [6, 6.07) is 9.06. The van der Waals surface area contributed by atoms with Gasteiger partial charge in [-0.2, -0.15) is 0 Å². The lowest BCUT2D eigenvalue weighted by atomic mass is 10.00. The molecule has 3 heterocycles. The lowest BCUT2D eigenvalue weighted by Crippen LogP contribution is -2.41. The molecule has 0 unspecified atom stereocenters. The maximum atomic E-state index is 12.8. The molecule has 1 aromatic carbocycles. The Morgan fingerprint density at radius 2 is 2.10 bits per heavy atom. The molecular formula is C22H24N4O4. The van der Waals surface area contributed by atoms with Crippen LogP contribution < -0.4 is 0 Å². The van der Waals surface area contributed by atoms with Gasteiger partial charge in [0.2, 0.25) is 5.91 Å². The van der Waals surface area contributed by atoms with E-state index in [-0.39, 0.29) is 31.1 Å². The van der Waals surface area contributed by atoms with Crippen molar-refractivity contribution in [2.75, 3.05) is 6.54 Å². The topological polar surface area (TPSA) is 112 Å². The van der Waals surface area contributed by atoms with Crippen LogP contribution in [0.15, 0.2) is 47.4 Å². The van der Waals surface area contributed by atoms with E-state index in [1.165, 1.54) is 4.90 Å². The summed E-state index contributed by atoms with van der Waals surface area (Å²) in [6.45, 7) is 1.95. The molecular weight excluding hydrogens is 384 g/mol. The van der Waals surface area contributed by atoms with Crippen molar-refractivity contribution in [3.05, 3.63) is 59.9 Å². The Balaban J connectivity index is 1.36. The molecule has 1 amide bonds. The number of ketones is 1. The number of aromatic nitrogens is 3. The number of aryl methyl sites for hydroxylation is 2. The van der Waals surface area contributed by atoms with Crippen LogP contribution in [-0.4, -0.2) is 55.5 Å². The second kappa shape index (κ2) is 8.62. The van der Waals surface area contributed by atoms with Crippen molar-refractivity contribution < 1.29 is 19.2 Å². The Bertz CT molecular complexity index is 1010. The number of likely N-dealkylation sites (tertiary alicyclic amines) is 1. The number of hydrogen-bond acceptors (Lipinski definition) is 6. The third kappa shape index (κ3) is 4.49. The number of Topliss-reactive ketones (excluding diaryl/α,β-unsaturated/α-hetero) is 1. The Kier molecular flexibility index (Phi) is 5.76. The van der Waals surface area contributed by atoms with Crippen LogP contribution in [-0.2, 0) is 22.4 Å². The monoisotopic (exact) mass is 408 g/mol. The van der Waals surface area contributed by atoms with Crippen LogP contribution in [0.1, 0.15) is 29.9 Å². The number of aliphatic hydroxyl groups excluding tert-OH is 1. The van der Waals surface area contributed by atoms with E-state index in [2.05, 4.69) is 15.1 Å². The van der Waals surface area contributed by atoms with E-state index in [0.717, 1.165) is 16.8 Å². The molecule has 4 rings (SSSR count). The molecule has 1 aliphatic heterocycles. The number of hydrogen-bond donors (Lipinski definition) is 2. The summed E-state index contributed by atoms with van der Waals surface area (Å²) in [6.07, 6.45) is 3.91. The first-order valence-electron chi connectivity index (χ1n) is 9.99. The minimum atomic E-state index is -0.687. The predicted octanol–water partition coefficient (Wildman–Crippen LogP) is 2.08. The van der Waals surface area contributed by atoms with Crippen LogP contribution in [0, 0.1) is 6.92 Å². The van der Waals surface area contributed by atoms with Crippen LogP contribution in [0.3, 0.4) is 0 Å². The number of aliphatic hydroxyl groups is 1. The van der Waals surface area contributed by atoms with E-state index in [1.54, 1.807) is 25.5 Å². The average molecular weight is 408 g/mol. The third-order valence-corrected chi connectivity index (χ3v) is 5.40. The number of imidazole rings is 1. The van der Waals surface area contributed by atoms with Crippen LogP contribution in [0.2, 0.25) is 0 Å². The number of rotatable bonds is 7. The van der Waals surface area contributed by atoms with Gasteiger partial charge in [0, 0.05) is 25.5 Å². The van der Waals surface area contributed by atoms with Gasteiger partial charge in [-0.1, -0.05) is 29.4 Å². The zero-order chi connectivity index (χ0) is 21.1. The molecule has 1 fully saturated rings. The Morgan fingerprint density at radius 1 is 1.30 bits per heavy atom. The summed E-state index contributed by atoms with van der Waals surface area (Å²) in [7, 11) is 0. The molecule has 0 spiro atoms. The van der Waals surface area contributed by atoms with Gasteiger partial charge in [0.05, 0.1) is 42.5 Å². The first-order chi connectivity index (χ1) is 14.5. The van der Waals surface area contributed by atoms with Crippen molar-refractivity contribution in [3.8, 4) is 11.3 Å². The Labute approximate surface area is 173 Å². The number of nitrogens with one attached hydrogen (secondary N) is 1. The van der Waals surface area contributed by atoms with Gasteiger partial charge < -0.3 is 19.5 Å². The second-order valence-corrected chi connectivity index (χ2v) is 7.69. The molecule has 1 saturated heterocycles. The number of carbonyl (C=O) groups is 2. The number of aromatic amines is 1. The molecule has 8 nitrogen and oxygen atoms in total. The van der Waals surface area contributed by atoms with Crippen molar-refractivity contribution >= 4 is 11.7 Å². The van der Waals surface area contributed by atoms with Crippen LogP contribution in [0.25, 0.3) is 11.3 Å². The van der Waals surface area contributed by atoms with Crippen LogP contribution in [0.4, 0.5) is 0 Å². The fourth-order valence-corrected chi connectivity index (χ4v) is 3.84. The van der Waals surface area contributed by atoms with Gasteiger partial charge in [0.25, 0.3) is 0 Å². The summed E-state index contributed by atoms with van der Waals surface area (Å²) < 4.78 is 5.11. The molecule has 156 valence electrons. The van der Waals surface area contributed by atoms with Gasteiger partial charge in [-0.05, 0) is 24.5 Å². The highest BCUT2D eigenvalue weighted by Crippen LogP contribution is 2.23. The molecule has 0 radical (unpaired) electrons. The number of nitrogens with zero attached hydrogens (tertiary/aromatic N) is 3. The number of β-amino-alcohol motifs (C(OH)–C–C–N with tert-alkyl or cyclic N) is 1. The van der Waals surface area contributed by atoms with Crippen molar-refractivity contribution in [2.45, 2.75) is 44.8 Å². The van der Waals surface area contributed by atoms with Crippen molar-refractivity contribution in [1.29, 1.82) is 0 Å². The molecule has 8 heteroatoms. The minimum absolute atomic E-state index is 0.0341. The number of H-pyrrole nitrogens is 1. The number of benzene rings is 1. The smallest absolute Gasteiger partial charge is 0.231 e. The summed E-state index contributed by atoms with van der Waals surface area (Å²) in [5.41, 5.74) is 3.71. The van der Waals surface area contributed by atoms with Gasteiger partial charge in [-0.3, -0.25) is 9.59 Å². The maximum absolute atomic E-state index is 12.8. The first kappa shape index (κ1) is 20.0. The van der Waals surface area contributed by atoms with E-state index in [1.807, 2.05) is 24.3 Å². The highest BCUT2D eigenvalue weighted by molar-refractivity contribution is 5.90. The fraction of sp³-hybridized carbons (Fsp3) is 0.364. The zero-order valence-corrected chi connectivity index (χ0v) is 16.7. The molecule has 2 atom stereocenters.